The van der Waals surface area contributed by atoms with Gasteiger partial charge in [0.2, 0.25) is 0 Å². The summed E-state index contributed by atoms with van der Waals surface area (Å²) in [6.07, 6.45) is -0.955. The van der Waals surface area contributed by atoms with Gasteiger partial charge in [0, 0.05) is 12.6 Å². The lowest BCUT2D eigenvalue weighted by molar-refractivity contribution is -0.139. The Morgan fingerprint density at radius 2 is 1.82 bits per heavy atom. The van der Waals surface area contributed by atoms with E-state index in [1.165, 1.54) is 18.2 Å². The molecule has 176 valence electrons. The number of rotatable bonds is 11. The lowest BCUT2D eigenvalue weighted by Crippen LogP contribution is -2.48. The third-order valence-electron chi connectivity index (χ3n) is 4.17. The highest BCUT2D eigenvalue weighted by Crippen LogP contribution is 2.23. The minimum absolute atomic E-state index is 0.0432. The summed E-state index contributed by atoms with van der Waals surface area (Å²) < 4.78 is 10.3. The quantitative estimate of drug-likeness (QED) is 0.141. The Hall–Kier alpha value is -4.48. The molecule has 0 aromatic heterocycles. The van der Waals surface area contributed by atoms with E-state index in [2.05, 4.69) is 16.0 Å². The molecule has 0 fully saturated rings. The van der Waals surface area contributed by atoms with E-state index in [0.717, 1.165) is 5.56 Å². The van der Waals surface area contributed by atoms with Crippen molar-refractivity contribution in [1.29, 1.82) is 5.41 Å². The van der Waals surface area contributed by atoms with Gasteiger partial charge in [-0.05, 0) is 17.7 Å². The minimum atomic E-state index is -1.45. The van der Waals surface area contributed by atoms with Crippen LogP contribution in [0.2, 0.25) is 0 Å². The van der Waals surface area contributed by atoms with E-state index in [1.54, 1.807) is 30.3 Å². The molecule has 0 saturated heterocycles. The summed E-state index contributed by atoms with van der Waals surface area (Å²) in [6, 6.07) is 11.3. The Kier molecular flexibility index (Phi) is 9.31. The van der Waals surface area contributed by atoms with Gasteiger partial charge in [0.05, 0.1) is 12.1 Å². The normalized spacial score (nSPS) is 11.0. The highest BCUT2D eigenvalue weighted by molar-refractivity contribution is 5.97. The van der Waals surface area contributed by atoms with E-state index in [4.69, 9.17) is 20.6 Å². The zero-order valence-electron chi connectivity index (χ0n) is 17.5. The highest BCUT2D eigenvalue weighted by atomic mass is 16.5. The van der Waals surface area contributed by atoms with Gasteiger partial charge in [0.25, 0.3) is 5.91 Å². The van der Waals surface area contributed by atoms with Crippen molar-refractivity contribution in [1.82, 2.24) is 16.0 Å². The number of hydrogen-bond donors (Lipinski definition) is 7. The fourth-order valence-corrected chi connectivity index (χ4v) is 2.54. The molecule has 0 saturated carbocycles. The molecule has 12 nitrogen and oxygen atoms in total. The maximum atomic E-state index is 12.3. The summed E-state index contributed by atoms with van der Waals surface area (Å²) in [6.45, 7) is -0.0475. The molecule has 0 spiro atoms. The van der Waals surface area contributed by atoms with E-state index >= 15 is 0 Å². The molecule has 8 N–H and O–H groups in total. The average molecular weight is 459 g/mol. The summed E-state index contributed by atoms with van der Waals surface area (Å²) in [5.74, 6) is -2.43. The van der Waals surface area contributed by atoms with Gasteiger partial charge in [-0.3, -0.25) is 10.2 Å². The van der Waals surface area contributed by atoms with Gasteiger partial charge in [-0.15, -0.1) is 0 Å². The van der Waals surface area contributed by atoms with Crippen LogP contribution in [0.1, 0.15) is 15.9 Å². The number of ether oxygens (including phenoxy) is 2. The smallest absolute Gasteiger partial charge is 0.408 e. The first kappa shape index (κ1) is 24.8. The van der Waals surface area contributed by atoms with Crippen LogP contribution in [-0.2, 0) is 16.1 Å². The number of nitrogens with one attached hydrogen (secondary N) is 4. The largest absolute Gasteiger partial charge is 0.507 e. The molecule has 2 aromatic rings. The van der Waals surface area contributed by atoms with Gasteiger partial charge in [0.1, 0.15) is 30.8 Å². The number of carbonyl (C=O) groups excluding carboxylic acids is 2. The van der Waals surface area contributed by atoms with Gasteiger partial charge < -0.3 is 41.4 Å². The van der Waals surface area contributed by atoms with E-state index in [1.807, 2.05) is 0 Å². The van der Waals surface area contributed by atoms with Crippen LogP contribution in [0.5, 0.6) is 11.5 Å². The van der Waals surface area contributed by atoms with Crippen LogP contribution in [0.3, 0.4) is 0 Å². The number of hydrogen-bond acceptors (Lipinski definition) is 7. The highest BCUT2D eigenvalue weighted by Gasteiger charge is 2.22. The van der Waals surface area contributed by atoms with Crippen molar-refractivity contribution in [3.63, 3.8) is 0 Å². The summed E-state index contributed by atoms with van der Waals surface area (Å²) in [4.78, 5) is 35.7. The van der Waals surface area contributed by atoms with Crippen molar-refractivity contribution in [2.75, 3.05) is 19.7 Å². The molecule has 0 aliphatic carbocycles. The molecule has 0 bridgehead atoms. The molecule has 0 aliphatic rings. The number of guanidine groups is 1. The second-order valence-electron chi connectivity index (χ2n) is 6.67. The van der Waals surface area contributed by atoms with Crippen molar-refractivity contribution in [3.8, 4) is 11.5 Å². The van der Waals surface area contributed by atoms with Gasteiger partial charge in [-0.25, -0.2) is 9.59 Å². The predicted octanol–water partition coefficient (Wildman–Crippen LogP) is 0.363. The number of aromatic hydroxyl groups is 1. The number of carbonyl (C=O) groups is 3. The first-order valence-corrected chi connectivity index (χ1v) is 9.78. The van der Waals surface area contributed by atoms with Crippen LogP contribution >= 0.6 is 0 Å². The van der Waals surface area contributed by atoms with E-state index in [0.29, 0.717) is 0 Å². The Balaban J connectivity index is 1.85. The minimum Gasteiger partial charge on any atom is -0.507 e. The first-order chi connectivity index (χ1) is 15.8. The van der Waals surface area contributed by atoms with Crippen LogP contribution < -0.4 is 26.4 Å². The fraction of sp³-hybridized carbons (Fsp3) is 0.238. The van der Waals surface area contributed by atoms with Crippen molar-refractivity contribution >= 4 is 23.9 Å². The monoisotopic (exact) mass is 459 g/mol. The van der Waals surface area contributed by atoms with Crippen LogP contribution in [0.25, 0.3) is 0 Å². The number of phenols is 1. The third kappa shape index (κ3) is 8.65. The number of carboxylic acids is 1. The zero-order chi connectivity index (χ0) is 24.2. The summed E-state index contributed by atoms with van der Waals surface area (Å²) in [5, 5.41) is 33.5. The van der Waals surface area contributed by atoms with E-state index in [9.17, 15) is 24.6 Å². The third-order valence-corrected chi connectivity index (χ3v) is 4.17. The molecular formula is C21H25N5O7. The molecule has 0 unspecified atom stereocenters. The number of amides is 2. The molecule has 0 radical (unpaired) electrons. The van der Waals surface area contributed by atoms with Crippen LogP contribution in [-0.4, -0.2) is 59.9 Å². The van der Waals surface area contributed by atoms with Crippen LogP contribution in [0.4, 0.5) is 4.79 Å². The van der Waals surface area contributed by atoms with Crippen molar-refractivity contribution in [2.45, 2.75) is 12.6 Å². The summed E-state index contributed by atoms with van der Waals surface area (Å²) in [5.41, 5.74) is 5.77. The van der Waals surface area contributed by atoms with Gasteiger partial charge in [-0.2, -0.15) is 0 Å². The molecule has 0 aliphatic heterocycles. The van der Waals surface area contributed by atoms with Crippen LogP contribution in [0, 0.1) is 5.41 Å². The second-order valence-corrected chi connectivity index (χ2v) is 6.67. The van der Waals surface area contributed by atoms with Gasteiger partial charge in [0.15, 0.2) is 5.96 Å². The molecule has 12 heteroatoms. The Bertz CT molecular complexity index is 984. The maximum absolute atomic E-state index is 12.3. The van der Waals surface area contributed by atoms with Crippen molar-refractivity contribution in [2.24, 2.45) is 5.73 Å². The van der Waals surface area contributed by atoms with E-state index in [-0.39, 0.29) is 42.8 Å². The number of alkyl carbamates (subject to hydrolysis) is 1. The number of phenolic OH excluding ortho intramolecular Hbond substituents is 1. The van der Waals surface area contributed by atoms with Crippen LogP contribution in [0.15, 0.2) is 48.5 Å². The predicted molar refractivity (Wildman–Crippen MR) is 117 cm³/mol. The molecule has 2 amide bonds. The molecule has 2 rings (SSSR count). The lowest BCUT2D eigenvalue weighted by Gasteiger charge is -2.16. The molecule has 2 aromatic carbocycles. The second kappa shape index (κ2) is 12.4. The van der Waals surface area contributed by atoms with Gasteiger partial charge >= 0.3 is 12.1 Å². The van der Waals surface area contributed by atoms with Gasteiger partial charge in [-0.1, -0.05) is 30.3 Å². The Morgan fingerprint density at radius 1 is 1.09 bits per heavy atom. The number of benzene rings is 2. The number of carboxylic acid groups (broad SMARTS) is 1. The SMILES string of the molecule is N=C(N)NCCOc1ccc(C(=O)NC[C@H](NC(=O)OCc2ccccc2)C(=O)O)c(O)c1. The average Bonchev–Trinajstić information content (AvgIpc) is 2.78. The lowest BCUT2D eigenvalue weighted by atomic mass is 10.1. The molecular weight excluding hydrogens is 434 g/mol. The zero-order valence-corrected chi connectivity index (χ0v) is 17.5. The Morgan fingerprint density at radius 3 is 2.45 bits per heavy atom. The summed E-state index contributed by atoms with van der Waals surface area (Å²) >= 11 is 0. The molecule has 0 heterocycles. The molecule has 1 atom stereocenters. The first-order valence-electron chi connectivity index (χ1n) is 9.78. The Labute approximate surface area is 189 Å². The maximum Gasteiger partial charge on any atom is 0.408 e. The number of nitrogens with two attached hydrogens (primary N) is 1. The van der Waals surface area contributed by atoms with E-state index < -0.39 is 30.6 Å². The molecule has 33 heavy (non-hydrogen) atoms. The topological polar surface area (TPSA) is 196 Å². The standard InChI is InChI=1S/C21H25N5O7/c22-20(23)24-8-9-32-14-6-7-15(17(27)10-14)18(28)25-11-16(19(29)30)26-21(31)33-12-13-4-2-1-3-5-13/h1-7,10,16,27H,8-9,11-12H2,(H,25,28)(H,26,31)(H,29,30)(H4,22,23,24)/t16-/m0/s1. The van der Waals surface area contributed by atoms with Crippen molar-refractivity contribution in [3.05, 3.63) is 59.7 Å². The van der Waals surface area contributed by atoms with Crippen molar-refractivity contribution < 1.29 is 34.1 Å². The summed E-state index contributed by atoms with van der Waals surface area (Å²) in [7, 11) is 0. The number of aliphatic carboxylic acids is 1. The fourth-order valence-electron chi connectivity index (χ4n) is 2.54.